The smallest absolute Gasteiger partial charge is 0.216 e. The second-order valence-corrected chi connectivity index (χ2v) is 11.2. The van der Waals surface area contributed by atoms with Crippen molar-refractivity contribution in [3.63, 3.8) is 0 Å². The molecule has 1 fully saturated rings. The summed E-state index contributed by atoms with van der Waals surface area (Å²) in [4.78, 5) is 0. The molecule has 0 saturated heterocycles. The molecule has 194 valence electrons. The molecule has 0 amide bonds. The number of benzene rings is 3. The maximum atomic E-state index is 10.3. The standard InChI is InChI=1S/C36H35N2O/c1-23-14-17-30-31-19-16-27(22-37)34(36(31)39-35(30)33(23)32-13-6-7-20-38(32)2)29-12-8-11-26-21-25(15-18-28(26)29)24-9-4-3-5-10-24/h6-8,11-14,16-17,19-20,24-25H,3-5,9-10,15,18,21H2,1-2H3/q+1/i18D2,21D2. The predicted octanol–water partition coefficient (Wildman–Crippen LogP) is 8.61. The van der Waals surface area contributed by atoms with Crippen molar-refractivity contribution in [1.82, 2.24) is 0 Å². The van der Waals surface area contributed by atoms with Gasteiger partial charge in [0.25, 0.3) is 0 Å². The lowest BCUT2D eigenvalue weighted by Gasteiger charge is -2.34. The molecule has 5 aromatic rings. The van der Waals surface area contributed by atoms with Gasteiger partial charge < -0.3 is 4.42 Å². The summed E-state index contributed by atoms with van der Waals surface area (Å²) in [7, 11) is 2.00. The summed E-state index contributed by atoms with van der Waals surface area (Å²) >= 11 is 0. The van der Waals surface area contributed by atoms with Crippen LogP contribution in [0.1, 0.15) is 66.3 Å². The number of aromatic nitrogens is 1. The van der Waals surface area contributed by atoms with Crippen molar-refractivity contribution >= 4 is 21.9 Å². The molecule has 1 saturated carbocycles. The number of fused-ring (bicyclic) bond motifs is 4. The molecule has 3 nitrogen and oxygen atoms in total. The van der Waals surface area contributed by atoms with Crippen molar-refractivity contribution in [2.45, 2.75) is 58.2 Å². The van der Waals surface area contributed by atoms with Gasteiger partial charge in [-0.05, 0) is 78.4 Å². The van der Waals surface area contributed by atoms with E-state index in [4.69, 9.17) is 4.42 Å². The summed E-state index contributed by atoms with van der Waals surface area (Å²) in [6, 6.07) is 21.6. The third-order valence-corrected chi connectivity index (χ3v) is 8.84. The van der Waals surface area contributed by atoms with Gasteiger partial charge in [0.1, 0.15) is 18.2 Å². The zero-order valence-electron chi connectivity index (χ0n) is 26.6. The van der Waals surface area contributed by atoms with Crippen LogP contribution in [0, 0.1) is 30.1 Å². The van der Waals surface area contributed by atoms with Crippen LogP contribution in [-0.2, 0) is 19.8 Å². The first-order valence-corrected chi connectivity index (χ1v) is 14.1. The monoisotopic (exact) mass is 515 g/mol. The number of rotatable bonds is 3. The van der Waals surface area contributed by atoms with E-state index in [0.717, 1.165) is 53.3 Å². The molecule has 39 heavy (non-hydrogen) atoms. The number of nitriles is 1. The Hall–Kier alpha value is -3.90. The molecule has 2 aliphatic rings. The van der Waals surface area contributed by atoms with E-state index in [1.807, 2.05) is 49.6 Å². The summed E-state index contributed by atoms with van der Waals surface area (Å²) in [5, 5.41) is 12.1. The molecule has 0 aliphatic heterocycles. The Morgan fingerprint density at radius 2 is 1.67 bits per heavy atom. The molecular formula is C36H35N2O+. The fourth-order valence-electron chi connectivity index (χ4n) is 6.82. The summed E-state index contributed by atoms with van der Waals surface area (Å²) < 4.78 is 46.2. The van der Waals surface area contributed by atoms with Crippen molar-refractivity contribution in [3.8, 4) is 28.5 Å². The van der Waals surface area contributed by atoms with Crippen molar-refractivity contribution in [3.05, 3.63) is 89.1 Å². The van der Waals surface area contributed by atoms with E-state index in [-0.39, 0.29) is 18.3 Å². The van der Waals surface area contributed by atoms with Crippen molar-refractivity contribution in [2.75, 3.05) is 0 Å². The van der Waals surface area contributed by atoms with Gasteiger partial charge in [-0.15, -0.1) is 0 Å². The van der Waals surface area contributed by atoms with Crippen LogP contribution in [-0.4, -0.2) is 0 Å². The third-order valence-electron chi connectivity index (χ3n) is 8.84. The Morgan fingerprint density at radius 1 is 0.872 bits per heavy atom. The van der Waals surface area contributed by atoms with Gasteiger partial charge in [-0.2, -0.15) is 5.26 Å². The first-order valence-electron chi connectivity index (χ1n) is 16.1. The first kappa shape index (κ1) is 20.1. The van der Waals surface area contributed by atoms with Crippen LogP contribution in [0.5, 0.6) is 0 Å². The molecule has 2 aliphatic carbocycles. The Bertz CT molecular complexity index is 1950. The number of nitrogens with zero attached hydrogens (tertiary/aromatic N) is 2. The molecule has 3 heteroatoms. The minimum absolute atomic E-state index is 0.126. The van der Waals surface area contributed by atoms with Crippen LogP contribution in [0.4, 0.5) is 0 Å². The molecule has 1 atom stereocenters. The minimum atomic E-state index is -1.76. The summed E-state index contributed by atoms with van der Waals surface area (Å²) in [5.74, 6) is -0.217. The highest BCUT2D eigenvalue weighted by Gasteiger charge is 2.30. The normalized spacial score (nSPS) is 21.9. The maximum Gasteiger partial charge on any atom is 0.216 e. The van der Waals surface area contributed by atoms with Gasteiger partial charge in [0.2, 0.25) is 5.69 Å². The van der Waals surface area contributed by atoms with Crippen LogP contribution in [0.25, 0.3) is 44.3 Å². The van der Waals surface area contributed by atoms with Gasteiger partial charge in [-0.1, -0.05) is 62.4 Å². The van der Waals surface area contributed by atoms with Crippen LogP contribution < -0.4 is 4.57 Å². The van der Waals surface area contributed by atoms with Gasteiger partial charge in [0.05, 0.1) is 17.2 Å². The maximum absolute atomic E-state index is 10.3. The van der Waals surface area contributed by atoms with Crippen LogP contribution in [0.2, 0.25) is 0 Å². The molecule has 3 aromatic carbocycles. The molecule has 0 radical (unpaired) electrons. The molecule has 1 unspecified atom stereocenters. The number of hydrogen-bond donors (Lipinski definition) is 0. The van der Waals surface area contributed by atoms with E-state index in [9.17, 15) is 10.7 Å². The summed E-state index contributed by atoms with van der Waals surface area (Å²) in [6.07, 6.45) is 3.91. The molecule has 7 rings (SSSR count). The van der Waals surface area contributed by atoms with Crippen LogP contribution in [0.3, 0.4) is 0 Å². The van der Waals surface area contributed by atoms with Crippen molar-refractivity contribution < 1.29 is 14.5 Å². The van der Waals surface area contributed by atoms with E-state index in [2.05, 4.69) is 29.7 Å². The molecule has 0 spiro atoms. The van der Waals surface area contributed by atoms with Gasteiger partial charge in [-0.25, -0.2) is 4.57 Å². The largest absolute Gasteiger partial charge is 0.454 e. The number of pyridine rings is 1. The lowest BCUT2D eigenvalue weighted by molar-refractivity contribution is -0.660. The van der Waals surface area contributed by atoms with Crippen molar-refractivity contribution in [2.24, 2.45) is 18.9 Å². The third kappa shape index (κ3) is 3.97. The number of furan rings is 1. The molecule has 2 aromatic heterocycles. The number of hydrogen-bond acceptors (Lipinski definition) is 2. The van der Waals surface area contributed by atoms with Gasteiger partial charge in [-0.3, -0.25) is 0 Å². The Kier molecular flexibility index (Phi) is 4.98. The summed E-state index contributed by atoms with van der Waals surface area (Å²) in [6.45, 7) is 2.06. The SMILES string of the molecule is [2H]C1([2H])CC(C2CCCCC2)C([2H])([2H])c2cccc(-c3c(C#N)ccc4c3oc3c(-c5cccc[n+]5C)c(C)ccc34)c21. The van der Waals surface area contributed by atoms with Crippen molar-refractivity contribution in [1.29, 1.82) is 5.26 Å². The Balaban J connectivity index is 1.51. The van der Waals surface area contributed by atoms with Crippen LogP contribution in [0.15, 0.2) is 71.3 Å². The fourth-order valence-corrected chi connectivity index (χ4v) is 6.82. The van der Waals surface area contributed by atoms with Gasteiger partial charge in [0, 0.05) is 34.0 Å². The van der Waals surface area contributed by atoms with Gasteiger partial charge >= 0.3 is 0 Å². The van der Waals surface area contributed by atoms with E-state index >= 15 is 0 Å². The second-order valence-electron chi connectivity index (χ2n) is 11.2. The predicted molar refractivity (Wildman–Crippen MR) is 157 cm³/mol. The topological polar surface area (TPSA) is 40.8 Å². The fraction of sp³-hybridized carbons (Fsp3) is 0.333. The average molecular weight is 516 g/mol. The highest BCUT2D eigenvalue weighted by atomic mass is 16.3. The van der Waals surface area contributed by atoms with Gasteiger partial charge in [0.15, 0.2) is 6.20 Å². The highest BCUT2D eigenvalue weighted by Crippen LogP contribution is 2.45. The Morgan fingerprint density at radius 3 is 2.46 bits per heavy atom. The minimum Gasteiger partial charge on any atom is -0.454 e. The second kappa shape index (κ2) is 9.69. The first-order chi connectivity index (χ1) is 20.6. The average Bonchev–Trinajstić information content (AvgIpc) is 3.38. The van der Waals surface area contributed by atoms with E-state index < -0.39 is 12.7 Å². The van der Waals surface area contributed by atoms with Crippen LogP contribution >= 0.6 is 0 Å². The quantitative estimate of drug-likeness (QED) is 0.226. The Labute approximate surface area is 236 Å². The number of aryl methyl sites for hydroxylation is 2. The van der Waals surface area contributed by atoms with E-state index in [0.29, 0.717) is 39.0 Å². The summed E-state index contributed by atoms with van der Waals surface area (Å²) in [5.41, 5.74) is 6.49. The molecule has 0 N–H and O–H groups in total. The molecule has 2 heterocycles. The lowest BCUT2D eigenvalue weighted by atomic mass is 9.71. The molecular weight excluding hydrogens is 476 g/mol. The lowest BCUT2D eigenvalue weighted by Crippen LogP contribution is -2.30. The van der Waals surface area contributed by atoms with E-state index in [1.165, 1.54) is 6.42 Å². The molecule has 0 bridgehead atoms. The highest BCUT2D eigenvalue weighted by molar-refractivity contribution is 6.14. The zero-order chi connectivity index (χ0) is 30.1. The zero-order valence-corrected chi connectivity index (χ0v) is 22.6. The van der Waals surface area contributed by atoms with E-state index in [1.54, 1.807) is 12.1 Å².